The first-order chi connectivity index (χ1) is 5.71. The molecule has 0 saturated heterocycles. The molecule has 0 unspecified atom stereocenters. The molecule has 1 aliphatic rings. The Labute approximate surface area is 76.0 Å². The van der Waals surface area contributed by atoms with Gasteiger partial charge in [0.15, 0.2) is 0 Å². The van der Waals surface area contributed by atoms with E-state index in [4.69, 9.17) is 10.6 Å². The molecule has 0 spiro atoms. The second-order valence-electron chi connectivity index (χ2n) is 2.87. The maximum atomic E-state index is 5.67. The van der Waals surface area contributed by atoms with Gasteiger partial charge in [-0.3, -0.25) is 0 Å². The van der Waals surface area contributed by atoms with Crippen LogP contribution in [0.1, 0.15) is 13.8 Å². The van der Waals surface area contributed by atoms with Crippen LogP contribution >= 0.6 is 10.3 Å². The number of allylic oxidation sites excluding steroid dienone is 2. The van der Waals surface area contributed by atoms with Gasteiger partial charge in [-0.25, -0.2) is 0 Å². The monoisotopic (exact) mass is 182 g/mol. The number of terminal acetylenes is 1. The SMILES string of the molecule is C#CCOS1(C(C)C)C=CC=C1. The Kier molecular flexibility index (Phi) is 3.02. The van der Waals surface area contributed by atoms with E-state index in [1.165, 1.54) is 0 Å². The molecule has 0 aliphatic carbocycles. The van der Waals surface area contributed by atoms with Gasteiger partial charge < -0.3 is 4.18 Å². The van der Waals surface area contributed by atoms with E-state index in [1.54, 1.807) is 0 Å². The van der Waals surface area contributed by atoms with Crippen LogP contribution in [0.15, 0.2) is 23.0 Å². The molecular formula is C10H14OS. The zero-order valence-corrected chi connectivity index (χ0v) is 8.30. The van der Waals surface area contributed by atoms with Crippen LogP contribution in [-0.2, 0) is 4.18 Å². The molecule has 0 amide bonds. The van der Waals surface area contributed by atoms with Gasteiger partial charge in [0, 0.05) is 5.25 Å². The smallest absolute Gasteiger partial charge is 0.120 e. The highest BCUT2D eigenvalue weighted by Crippen LogP contribution is 2.58. The summed E-state index contributed by atoms with van der Waals surface area (Å²) in [4.78, 5) is 0. The highest BCUT2D eigenvalue weighted by molar-refractivity contribution is 8.35. The van der Waals surface area contributed by atoms with Gasteiger partial charge in [0.25, 0.3) is 0 Å². The van der Waals surface area contributed by atoms with E-state index in [2.05, 4.69) is 30.6 Å². The highest BCUT2D eigenvalue weighted by atomic mass is 32.3. The predicted molar refractivity (Wildman–Crippen MR) is 55.8 cm³/mol. The van der Waals surface area contributed by atoms with Crippen LogP contribution in [0.4, 0.5) is 0 Å². The minimum absolute atomic E-state index is 0.405. The molecule has 66 valence electrons. The summed E-state index contributed by atoms with van der Waals surface area (Å²) in [7, 11) is -1.14. The van der Waals surface area contributed by atoms with Gasteiger partial charge in [-0.1, -0.05) is 42.2 Å². The van der Waals surface area contributed by atoms with Crippen molar-refractivity contribution in [3.8, 4) is 12.3 Å². The van der Waals surface area contributed by atoms with Crippen molar-refractivity contribution in [2.75, 3.05) is 6.61 Å². The normalized spacial score (nSPS) is 21.2. The Hall–Kier alpha value is -0.650. The van der Waals surface area contributed by atoms with Gasteiger partial charge in [-0.15, -0.1) is 6.42 Å². The zero-order chi connectivity index (χ0) is 9.03. The zero-order valence-electron chi connectivity index (χ0n) is 7.49. The lowest BCUT2D eigenvalue weighted by Gasteiger charge is -2.34. The molecule has 2 heteroatoms. The molecule has 1 aliphatic heterocycles. The molecule has 0 aromatic heterocycles. The largest absolute Gasteiger partial charge is 0.316 e. The van der Waals surface area contributed by atoms with E-state index in [0.29, 0.717) is 11.9 Å². The number of hydrogen-bond acceptors (Lipinski definition) is 1. The average Bonchev–Trinajstić information content (AvgIpc) is 2.50. The summed E-state index contributed by atoms with van der Waals surface area (Å²) in [6, 6.07) is 0. The molecule has 0 fully saturated rings. The van der Waals surface area contributed by atoms with Crippen LogP contribution in [0, 0.1) is 12.3 Å². The van der Waals surface area contributed by atoms with Crippen molar-refractivity contribution in [1.82, 2.24) is 0 Å². The second kappa shape index (κ2) is 3.84. The molecule has 1 nitrogen and oxygen atoms in total. The predicted octanol–water partition coefficient (Wildman–Crippen LogP) is 2.81. The van der Waals surface area contributed by atoms with Crippen LogP contribution in [-0.4, -0.2) is 11.9 Å². The first kappa shape index (κ1) is 9.44. The third kappa shape index (κ3) is 1.74. The van der Waals surface area contributed by atoms with Gasteiger partial charge >= 0.3 is 0 Å². The molecule has 1 heterocycles. The molecule has 0 radical (unpaired) electrons. The lowest BCUT2D eigenvalue weighted by atomic mass is 10.6. The van der Waals surface area contributed by atoms with E-state index in [1.807, 2.05) is 12.2 Å². The van der Waals surface area contributed by atoms with Crippen LogP contribution in [0.5, 0.6) is 0 Å². The highest BCUT2D eigenvalue weighted by Gasteiger charge is 2.24. The summed E-state index contributed by atoms with van der Waals surface area (Å²) < 4.78 is 5.67. The molecule has 12 heavy (non-hydrogen) atoms. The van der Waals surface area contributed by atoms with Gasteiger partial charge in [-0.05, 0) is 10.8 Å². The van der Waals surface area contributed by atoms with Crippen molar-refractivity contribution >= 4 is 10.3 Å². The fourth-order valence-corrected chi connectivity index (χ4v) is 3.14. The quantitative estimate of drug-likeness (QED) is 0.610. The molecule has 0 bridgehead atoms. The van der Waals surface area contributed by atoms with Gasteiger partial charge in [0.05, 0.1) is 0 Å². The van der Waals surface area contributed by atoms with Gasteiger partial charge in [0.1, 0.15) is 6.61 Å². The first-order valence-electron chi connectivity index (χ1n) is 3.96. The van der Waals surface area contributed by atoms with Crippen molar-refractivity contribution in [2.24, 2.45) is 0 Å². The molecule has 0 saturated carbocycles. The maximum absolute atomic E-state index is 5.67. The topological polar surface area (TPSA) is 9.23 Å². The lowest BCUT2D eigenvalue weighted by molar-refractivity contribution is 0.421. The van der Waals surface area contributed by atoms with E-state index in [9.17, 15) is 0 Å². The molecular weight excluding hydrogens is 168 g/mol. The summed E-state index contributed by atoms with van der Waals surface area (Å²) in [5.74, 6) is 2.51. The Bertz CT molecular complexity index is 233. The van der Waals surface area contributed by atoms with Crippen molar-refractivity contribution in [3.63, 3.8) is 0 Å². The third-order valence-electron chi connectivity index (χ3n) is 1.78. The Balaban J connectivity index is 2.69. The minimum Gasteiger partial charge on any atom is -0.316 e. The lowest BCUT2D eigenvalue weighted by Crippen LogP contribution is -2.09. The summed E-state index contributed by atoms with van der Waals surface area (Å²) >= 11 is 0. The Morgan fingerprint density at radius 3 is 2.42 bits per heavy atom. The first-order valence-corrected chi connectivity index (χ1v) is 5.71. The van der Waals surface area contributed by atoms with Gasteiger partial charge in [-0.2, -0.15) is 0 Å². The van der Waals surface area contributed by atoms with Crippen LogP contribution in [0.2, 0.25) is 0 Å². The van der Waals surface area contributed by atoms with Crippen molar-refractivity contribution < 1.29 is 4.18 Å². The summed E-state index contributed by atoms with van der Waals surface area (Å²) in [5.41, 5.74) is 0. The van der Waals surface area contributed by atoms with E-state index >= 15 is 0 Å². The van der Waals surface area contributed by atoms with Crippen LogP contribution in [0.25, 0.3) is 0 Å². The van der Waals surface area contributed by atoms with E-state index in [0.717, 1.165) is 0 Å². The second-order valence-corrected chi connectivity index (χ2v) is 5.99. The molecule has 0 N–H and O–H groups in total. The number of hydrogen-bond donors (Lipinski definition) is 0. The third-order valence-corrected chi connectivity index (χ3v) is 4.94. The van der Waals surface area contributed by atoms with E-state index < -0.39 is 10.3 Å². The van der Waals surface area contributed by atoms with E-state index in [-0.39, 0.29) is 0 Å². The number of rotatable bonds is 3. The Morgan fingerprint density at radius 1 is 1.42 bits per heavy atom. The van der Waals surface area contributed by atoms with Gasteiger partial charge in [0.2, 0.25) is 0 Å². The minimum atomic E-state index is -1.14. The standard InChI is InChI=1S/C10H14OS/c1-4-7-11-12(10(2)3)8-5-6-9-12/h1,5-6,8-10H,7H2,2-3H3. The van der Waals surface area contributed by atoms with Crippen molar-refractivity contribution in [2.45, 2.75) is 19.1 Å². The van der Waals surface area contributed by atoms with Crippen LogP contribution in [0.3, 0.4) is 0 Å². The average molecular weight is 182 g/mol. The molecule has 0 aromatic carbocycles. The summed E-state index contributed by atoms with van der Waals surface area (Å²) in [6.45, 7) is 4.72. The fourth-order valence-electron chi connectivity index (χ4n) is 1.05. The van der Waals surface area contributed by atoms with Crippen molar-refractivity contribution in [1.29, 1.82) is 0 Å². The molecule has 1 rings (SSSR count). The van der Waals surface area contributed by atoms with Crippen LogP contribution < -0.4 is 0 Å². The summed E-state index contributed by atoms with van der Waals surface area (Å²) in [5, 5.41) is 4.77. The fraction of sp³-hybridized carbons (Fsp3) is 0.400. The maximum Gasteiger partial charge on any atom is 0.120 e. The Morgan fingerprint density at radius 2 is 2.00 bits per heavy atom. The summed E-state index contributed by atoms with van der Waals surface area (Å²) in [6.07, 6.45) is 9.22. The molecule has 0 aromatic rings. The molecule has 0 atom stereocenters. The van der Waals surface area contributed by atoms with Crippen molar-refractivity contribution in [3.05, 3.63) is 23.0 Å².